The number of allylic oxidation sites excluding steroid dienone is 1. The van der Waals surface area contributed by atoms with Gasteiger partial charge in [-0.05, 0) is 49.2 Å². The van der Waals surface area contributed by atoms with Gasteiger partial charge in [-0.15, -0.1) is 0 Å². The highest BCUT2D eigenvalue weighted by Gasteiger charge is 2.34. The first-order chi connectivity index (χ1) is 19.9. The van der Waals surface area contributed by atoms with E-state index in [-0.39, 0.29) is 12.2 Å². The minimum atomic E-state index is -0.761. The molecule has 0 aliphatic carbocycles. The second-order valence-corrected chi connectivity index (χ2v) is 11.5. The van der Waals surface area contributed by atoms with E-state index in [0.29, 0.717) is 42.8 Å². The molecule has 0 N–H and O–H groups in total. The molecule has 6 rings (SSSR count). The summed E-state index contributed by atoms with van der Waals surface area (Å²) < 4.78 is 9.57. The van der Waals surface area contributed by atoms with E-state index in [2.05, 4.69) is 15.6 Å². The van der Waals surface area contributed by atoms with Crippen LogP contribution in [0.3, 0.4) is 0 Å². The molecule has 2 aromatic heterocycles. The largest absolute Gasteiger partial charge is 0.463 e. The van der Waals surface area contributed by atoms with Gasteiger partial charge >= 0.3 is 5.97 Å². The van der Waals surface area contributed by atoms with Crippen molar-refractivity contribution in [2.75, 3.05) is 6.61 Å². The molecular weight excluding hydrogens is 577 g/mol. The van der Waals surface area contributed by atoms with Crippen LogP contribution in [0.1, 0.15) is 36.6 Å². The fourth-order valence-electron chi connectivity index (χ4n) is 5.26. The normalized spacial score (nSPS) is 15.2. The summed E-state index contributed by atoms with van der Waals surface area (Å²) in [6.45, 7) is 4.29. The lowest BCUT2D eigenvalue weighted by molar-refractivity contribution is -0.139. The molecule has 0 spiro atoms. The van der Waals surface area contributed by atoms with Gasteiger partial charge in [-0.3, -0.25) is 9.36 Å². The van der Waals surface area contributed by atoms with Crippen molar-refractivity contribution in [3.8, 4) is 0 Å². The zero-order chi connectivity index (χ0) is 28.7. The summed E-state index contributed by atoms with van der Waals surface area (Å²) in [5.74, 6) is -0.518. The molecule has 5 aromatic rings. The highest BCUT2D eigenvalue weighted by molar-refractivity contribution is 7.07. The van der Waals surface area contributed by atoms with Crippen LogP contribution in [0.4, 0.5) is 0 Å². The Balaban J connectivity index is 1.53. The summed E-state index contributed by atoms with van der Waals surface area (Å²) in [4.78, 5) is 32.4. The fraction of sp³-hybridized carbons (Fsp3) is 0.156. The Morgan fingerprint density at radius 3 is 2.49 bits per heavy atom. The monoisotopic (exact) mass is 601 g/mol. The second kappa shape index (κ2) is 11.2. The van der Waals surface area contributed by atoms with E-state index >= 15 is 0 Å². The number of nitrogens with zero attached hydrogens (tertiary/aromatic N) is 3. The van der Waals surface area contributed by atoms with E-state index in [9.17, 15) is 9.59 Å². The van der Waals surface area contributed by atoms with E-state index in [1.54, 1.807) is 24.5 Å². The number of para-hydroxylation sites is 1. The van der Waals surface area contributed by atoms with E-state index in [1.165, 1.54) is 11.3 Å². The molecule has 3 heterocycles. The summed E-state index contributed by atoms with van der Waals surface area (Å²) in [6.07, 6.45) is 3.93. The molecule has 0 amide bonds. The van der Waals surface area contributed by atoms with Crippen molar-refractivity contribution in [3.63, 3.8) is 0 Å². The van der Waals surface area contributed by atoms with Crippen molar-refractivity contribution >= 4 is 57.5 Å². The lowest BCUT2D eigenvalue weighted by Crippen LogP contribution is -2.40. The van der Waals surface area contributed by atoms with E-state index < -0.39 is 12.0 Å². The number of aromatic nitrogens is 2. The zero-order valence-electron chi connectivity index (χ0n) is 22.3. The highest BCUT2D eigenvalue weighted by Crippen LogP contribution is 2.34. The molecule has 0 saturated heterocycles. The molecule has 0 bridgehead atoms. The molecule has 1 atom stereocenters. The zero-order valence-corrected chi connectivity index (χ0v) is 24.6. The Bertz CT molecular complexity index is 2040. The minimum absolute atomic E-state index is 0.202. The van der Waals surface area contributed by atoms with E-state index in [0.717, 1.165) is 22.0 Å². The number of hydrogen-bond acceptors (Lipinski definition) is 5. The number of benzene rings is 3. The Hall–Kier alpha value is -3.91. The number of ether oxygens (including phenoxy) is 1. The molecule has 0 fully saturated rings. The maximum Gasteiger partial charge on any atom is 0.338 e. The van der Waals surface area contributed by atoms with Gasteiger partial charge < -0.3 is 9.30 Å². The van der Waals surface area contributed by atoms with Crippen molar-refractivity contribution in [2.24, 2.45) is 4.99 Å². The molecule has 0 saturated carbocycles. The summed E-state index contributed by atoms with van der Waals surface area (Å²) in [5, 5.41) is 2.16. The molecule has 0 radical (unpaired) electrons. The molecule has 206 valence electrons. The van der Waals surface area contributed by atoms with Crippen LogP contribution in [0.15, 0.2) is 100 Å². The predicted molar refractivity (Wildman–Crippen MR) is 164 cm³/mol. The van der Waals surface area contributed by atoms with Gasteiger partial charge in [0.05, 0.1) is 22.4 Å². The molecule has 6 nitrogen and oxygen atoms in total. The number of thiazole rings is 1. The van der Waals surface area contributed by atoms with Crippen LogP contribution in [-0.4, -0.2) is 21.7 Å². The lowest BCUT2D eigenvalue weighted by atomic mass is 9.96. The Kier molecular flexibility index (Phi) is 7.43. The van der Waals surface area contributed by atoms with Crippen molar-refractivity contribution in [3.05, 3.63) is 137 Å². The van der Waals surface area contributed by atoms with Gasteiger partial charge in [-0.2, -0.15) is 0 Å². The van der Waals surface area contributed by atoms with Gasteiger partial charge in [0.15, 0.2) is 4.80 Å². The van der Waals surface area contributed by atoms with Crippen molar-refractivity contribution < 1.29 is 9.53 Å². The Morgan fingerprint density at radius 1 is 1.02 bits per heavy atom. The van der Waals surface area contributed by atoms with Crippen molar-refractivity contribution in [1.82, 2.24) is 9.13 Å². The third-order valence-electron chi connectivity index (χ3n) is 7.12. The van der Waals surface area contributed by atoms with Crippen molar-refractivity contribution in [2.45, 2.75) is 26.4 Å². The highest BCUT2D eigenvalue weighted by atomic mass is 35.5. The molecule has 3 aromatic carbocycles. The second-order valence-electron chi connectivity index (χ2n) is 9.64. The van der Waals surface area contributed by atoms with Crippen LogP contribution in [-0.2, 0) is 16.1 Å². The van der Waals surface area contributed by atoms with Gasteiger partial charge in [-0.1, -0.05) is 89.1 Å². The SMILES string of the molecule is CCOC(=O)C1=C(C)N=c2sc(=Cc3cn(Cc4ccccc4Cl)c4ccccc34)c(=O)n2[C@H]1c1ccccc1Cl. The quantitative estimate of drug-likeness (QED) is 0.221. The molecule has 1 aliphatic heterocycles. The summed E-state index contributed by atoms with van der Waals surface area (Å²) in [5.41, 5.74) is 4.11. The van der Waals surface area contributed by atoms with E-state index in [1.807, 2.05) is 72.9 Å². The first-order valence-corrected chi connectivity index (χ1v) is 14.7. The van der Waals surface area contributed by atoms with Gasteiger partial charge in [0.2, 0.25) is 0 Å². The number of hydrogen-bond donors (Lipinski definition) is 0. The molecule has 9 heteroatoms. The van der Waals surface area contributed by atoms with Gasteiger partial charge in [0.25, 0.3) is 5.56 Å². The van der Waals surface area contributed by atoms with E-state index in [4.69, 9.17) is 27.9 Å². The molecule has 1 aliphatic rings. The first-order valence-electron chi connectivity index (χ1n) is 13.1. The predicted octanol–water partition coefficient (Wildman–Crippen LogP) is 6.11. The fourth-order valence-corrected chi connectivity index (χ4v) is 6.73. The van der Waals surface area contributed by atoms with Gasteiger partial charge in [0, 0.05) is 39.3 Å². The average Bonchev–Trinajstić information content (AvgIpc) is 3.46. The molecular formula is C32H25Cl2N3O3S. The van der Waals surface area contributed by atoms with Crippen molar-refractivity contribution in [1.29, 1.82) is 0 Å². The summed E-state index contributed by atoms with van der Waals surface area (Å²) in [6, 6.07) is 22.3. The Morgan fingerprint density at radius 2 is 1.73 bits per heavy atom. The van der Waals surface area contributed by atoms with Crippen LogP contribution < -0.4 is 14.9 Å². The average molecular weight is 603 g/mol. The number of carbonyl (C=O) groups is 1. The summed E-state index contributed by atoms with van der Waals surface area (Å²) in [7, 11) is 0. The topological polar surface area (TPSA) is 65.6 Å². The van der Waals surface area contributed by atoms with Crippen LogP contribution in [0, 0.1) is 0 Å². The first kappa shape index (κ1) is 27.3. The van der Waals surface area contributed by atoms with Crippen LogP contribution in [0.5, 0.6) is 0 Å². The maximum atomic E-state index is 14.1. The van der Waals surface area contributed by atoms with Crippen LogP contribution in [0.2, 0.25) is 10.0 Å². The third-order valence-corrected chi connectivity index (χ3v) is 8.82. The number of carbonyl (C=O) groups excluding carboxylic acids is 1. The lowest BCUT2D eigenvalue weighted by Gasteiger charge is -2.25. The molecule has 0 unspecified atom stereocenters. The number of rotatable bonds is 6. The Labute approximate surface area is 250 Å². The molecule has 41 heavy (non-hydrogen) atoms. The number of fused-ring (bicyclic) bond motifs is 2. The summed E-state index contributed by atoms with van der Waals surface area (Å²) >= 11 is 14.4. The van der Waals surface area contributed by atoms with Gasteiger partial charge in [-0.25, -0.2) is 9.79 Å². The smallest absolute Gasteiger partial charge is 0.338 e. The standard InChI is InChI=1S/C32H25Cl2N3O3S/c1-3-40-31(39)28-19(2)35-32-37(29(28)23-12-5-8-14-25(23)34)30(38)27(41-32)16-21-18-36(26-15-9-6-11-22(21)26)17-20-10-4-7-13-24(20)33/h4-16,18,29H,3,17H2,1-2H3/t29-/m0/s1. The van der Waals surface area contributed by atoms with Crippen LogP contribution >= 0.6 is 34.5 Å². The van der Waals surface area contributed by atoms with Gasteiger partial charge in [0.1, 0.15) is 6.04 Å². The number of halogens is 2. The van der Waals surface area contributed by atoms with Crippen LogP contribution in [0.25, 0.3) is 17.0 Å². The minimum Gasteiger partial charge on any atom is -0.463 e. The third kappa shape index (κ3) is 4.95. The number of esters is 1. The maximum absolute atomic E-state index is 14.1.